The van der Waals surface area contributed by atoms with Gasteiger partial charge in [0.2, 0.25) is 0 Å². The first kappa shape index (κ1) is 9.95. The van der Waals surface area contributed by atoms with Crippen LogP contribution in [0.1, 0.15) is 26.7 Å². The SMILES string of the molecule is CCN(CC)S(=O)(=O)NC1CC1. The van der Waals surface area contributed by atoms with Gasteiger partial charge in [0.1, 0.15) is 0 Å². The lowest BCUT2D eigenvalue weighted by Crippen LogP contribution is -2.41. The van der Waals surface area contributed by atoms with Crippen LogP contribution in [0, 0.1) is 0 Å². The van der Waals surface area contributed by atoms with Crippen LogP contribution in [-0.4, -0.2) is 31.9 Å². The van der Waals surface area contributed by atoms with Crippen molar-refractivity contribution in [3.05, 3.63) is 0 Å². The highest BCUT2D eigenvalue weighted by Crippen LogP contribution is 2.20. The third kappa shape index (κ3) is 2.43. The van der Waals surface area contributed by atoms with Crippen LogP contribution in [0.4, 0.5) is 0 Å². The lowest BCUT2D eigenvalue weighted by atomic mass is 10.7. The van der Waals surface area contributed by atoms with Crippen molar-refractivity contribution in [1.29, 1.82) is 0 Å². The van der Waals surface area contributed by atoms with Gasteiger partial charge in [0.05, 0.1) is 0 Å². The molecule has 1 fully saturated rings. The van der Waals surface area contributed by atoms with Crippen LogP contribution >= 0.6 is 0 Å². The summed E-state index contributed by atoms with van der Waals surface area (Å²) in [5.74, 6) is 0. The molecule has 0 atom stereocenters. The summed E-state index contributed by atoms with van der Waals surface area (Å²) in [7, 11) is -3.18. The Kier molecular flexibility index (Phi) is 3.09. The summed E-state index contributed by atoms with van der Waals surface area (Å²) in [6.45, 7) is 4.77. The number of hydrogen-bond donors (Lipinski definition) is 1. The molecule has 12 heavy (non-hydrogen) atoms. The van der Waals surface area contributed by atoms with Crippen molar-refractivity contribution in [3.63, 3.8) is 0 Å². The zero-order valence-corrected chi connectivity index (χ0v) is 8.39. The van der Waals surface area contributed by atoms with E-state index in [1.165, 1.54) is 4.31 Å². The molecule has 4 nitrogen and oxygen atoms in total. The Hall–Kier alpha value is -0.130. The average molecular weight is 192 g/mol. The second kappa shape index (κ2) is 3.72. The van der Waals surface area contributed by atoms with Gasteiger partial charge in [0, 0.05) is 19.1 Å². The standard InChI is InChI=1S/C7H16N2O2S/c1-3-9(4-2)12(10,11)8-7-5-6-7/h7-8H,3-6H2,1-2H3. The normalized spacial score (nSPS) is 18.6. The molecular formula is C7H16N2O2S. The fraction of sp³-hybridized carbons (Fsp3) is 1.00. The molecule has 0 aromatic carbocycles. The van der Waals surface area contributed by atoms with E-state index < -0.39 is 10.2 Å². The van der Waals surface area contributed by atoms with Gasteiger partial charge in [0.25, 0.3) is 10.2 Å². The summed E-state index contributed by atoms with van der Waals surface area (Å²) in [5, 5.41) is 0. The Morgan fingerprint density at radius 1 is 1.33 bits per heavy atom. The maximum atomic E-state index is 11.5. The van der Waals surface area contributed by atoms with Gasteiger partial charge in [-0.25, -0.2) is 0 Å². The summed E-state index contributed by atoms with van der Waals surface area (Å²) in [4.78, 5) is 0. The summed E-state index contributed by atoms with van der Waals surface area (Å²) in [5.41, 5.74) is 0. The fourth-order valence-corrected chi connectivity index (χ4v) is 2.54. The van der Waals surface area contributed by atoms with Crippen molar-refractivity contribution in [3.8, 4) is 0 Å². The van der Waals surface area contributed by atoms with Crippen molar-refractivity contribution in [2.24, 2.45) is 0 Å². The van der Waals surface area contributed by atoms with Gasteiger partial charge < -0.3 is 0 Å². The number of hydrogen-bond acceptors (Lipinski definition) is 2. The van der Waals surface area contributed by atoms with Crippen LogP contribution < -0.4 is 4.72 Å². The summed E-state index contributed by atoms with van der Waals surface area (Å²) in [6, 6.07) is 0.204. The first-order chi connectivity index (χ1) is 5.60. The molecule has 0 saturated heterocycles. The van der Waals surface area contributed by atoms with Crippen molar-refractivity contribution in [2.45, 2.75) is 32.7 Å². The molecular weight excluding hydrogens is 176 g/mol. The Labute approximate surface area is 74.1 Å². The van der Waals surface area contributed by atoms with Gasteiger partial charge in [-0.3, -0.25) is 0 Å². The molecule has 0 aromatic heterocycles. The van der Waals surface area contributed by atoms with Crippen molar-refractivity contribution < 1.29 is 8.42 Å². The largest absolute Gasteiger partial charge is 0.279 e. The average Bonchev–Trinajstić information content (AvgIpc) is 2.72. The van der Waals surface area contributed by atoms with Crippen LogP contribution in [0.3, 0.4) is 0 Å². The molecule has 1 aliphatic rings. The van der Waals surface area contributed by atoms with Crippen LogP contribution in [0.25, 0.3) is 0 Å². The van der Waals surface area contributed by atoms with E-state index in [9.17, 15) is 8.42 Å². The van der Waals surface area contributed by atoms with Crippen molar-refractivity contribution in [2.75, 3.05) is 13.1 Å². The smallest absolute Gasteiger partial charge is 0.199 e. The third-order valence-corrected chi connectivity index (χ3v) is 3.77. The summed E-state index contributed by atoms with van der Waals surface area (Å²) in [6.07, 6.45) is 1.97. The summed E-state index contributed by atoms with van der Waals surface area (Å²) >= 11 is 0. The molecule has 0 heterocycles. The van der Waals surface area contributed by atoms with Gasteiger partial charge in [-0.15, -0.1) is 0 Å². The Morgan fingerprint density at radius 2 is 1.83 bits per heavy atom. The monoisotopic (exact) mass is 192 g/mol. The second-order valence-corrected chi connectivity index (χ2v) is 4.68. The van der Waals surface area contributed by atoms with Gasteiger partial charge in [-0.2, -0.15) is 17.4 Å². The van der Waals surface area contributed by atoms with E-state index in [0.29, 0.717) is 13.1 Å². The van der Waals surface area contributed by atoms with Gasteiger partial charge in [0.15, 0.2) is 0 Å². The van der Waals surface area contributed by atoms with Crippen LogP contribution in [0.2, 0.25) is 0 Å². The number of rotatable bonds is 5. The lowest BCUT2D eigenvalue weighted by molar-refractivity contribution is 0.434. The minimum Gasteiger partial charge on any atom is -0.199 e. The minimum atomic E-state index is -3.18. The topological polar surface area (TPSA) is 49.4 Å². The molecule has 0 amide bonds. The molecule has 0 radical (unpaired) electrons. The Balaban J connectivity index is 2.54. The molecule has 1 aliphatic carbocycles. The van der Waals surface area contributed by atoms with E-state index in [2.05, 4.69) is 4.72 Å². The molecule has 0 spiro atoms. The molecule has 1 rings (SSSR count). The minimum absolute atomic E-state index is 0.204. The zero-order valence-electron chi connectivity index (χ0n) is 7.58. The molecule has 0 aromatic rings. The molecule has 1 N–H and O–H groups in total. The molecule has 72 valence electrons. The molecule has 0 aliphatic heterocycles. The van der Waals surface area contributed by atoms with E-state index >= 15 is 0 Å². The highest BCUT2D eigenvalue weighted by atomic mass is 32.2. The van der Waals surface area contributed by atoms with Crippen LogP contribution in [0.5, 0.6) is 0 Å². The molecule has 5 heteroatoms. The van der Waals surface area contributed by atoms with Crippen LogP contribution in [-0.2, 0) is 10.2 Å². The fourth-order valence-electron chi connectivity index (χ4n) is 1.05. The van der Waals surface area contributed by atoms with E-state index in [-0.39, 0.29) is 6.04 Å². The quantitative estimate of drug-likeness (QED) is 0.682. The summed E-state index contributed by atoms with van der Waals surface area (Å²) < 4.78 is 27.0. The van der Waals surface area contributed by atoms with E-state index in [4.69, 9.17) is 0 Å². The lowest BCUT2D eigenvalue weighted by Gasteiger charge is -2.18. The molecule has 0 unspecified atom stereocenters. The van der Waals surface area contributed by atoms with Crippen molar-refractivity contribution in [1.82, 2.24) is 9.03 Å². The number of nitrogens with zero attached hydrogens (tertiary/aromatic N) is 1. The number of nitrogens with one attached hydrogen (secondary N) is 1. The van der Waals surface area contributed by atoms with E-state index in [1.54, 1.807) is 0 Å². The van der Waals surface area contributed by atoms with Crippen LogP contribution in [0.15, 0.2) is 0 Å². The van der Waals surface area contributed by atoms with Crippen molar-refractivity contribution >= 4 is 10.2 Å². The van der Waals surface area contributed by atoms with Gasteiger partial charge in [-0.05, 0) is 12.8 Å². The highest BCUT2D eigenvalue weighted by molar-refractivity contribution is 7.87. The first-order valence-corrected chi connectivity index (χ1v) is 5.81. The predicted molar refractivity (Wildman–Crippen MR) is 48.0 cm³/mol. The Bertz CT molecular complexity index is 230. The predicted octanol–water partition coefficient (Wildman–Crippen LogP) is 0.325. The highest BCUT2D eigenvalue weighted by Gasteiger charge is 2.29. The Morgan fingerprint density at radius 3 is 2.17 bits per heavy atom. The third-order valence-electron chi connectivity index (χ3n) is 1.94. The maximum absolute atomic E-state index is 11.5. The maximum Gasteiger partial charge on any atom is 0.279 e. The first-order valence-electron chi connectivity index (χ1n) is 4.37. The zero-order chi connectivity index (χ0) is 9.19. The molecule has 1 saturated carbocycles. The van der Waals surface area contributed by atoms with Gasteiger partial charge >= 0.3 is 0 Å². The second-order valence-electron chi connectivity index (χ2n) is 2.98. The molecule has 0 bridgehead atoms. The van der Waals surface area contributed by atoms with Gasteiger partial charge in [-0.1, -0.05) is 13.8 Å². The van der Waals surface area contributed by atoms with E-state index in [0.717, 1.165) is 12.8 Å². The van der Waals surface area contributed by atoms with E-state index in [1.807, 2.05) is 13.8 Å².